The summed E-state index contributed by atoms with van der Waals surface area (Å²) in [6.07, 6.45) is -5.29. The van der Waals surface area contributed by atoms with Gasteiger partial charge in [0.1, 0.15) is 59.4 Å². The number of carbonyl (C=O) groups is 12. The SMILES string of the molecule is CC[C@H](C)[C@H](CC(=O)[C@H]1CCCC[N+]1(C)Cc1ccc(O[C@@H]2O[C@H](C(=O)O)[C@@H](O)[C@H](O)[C@H]2O)c(NC(=O)CCNC(=O)[C@H](CCCCNC(=O)CCOCCOCCOCCOCCOCCOCCOCCOCCOCCOCCOCCOC)NC(=O)[C@H](CN)NC(=O)CCC(=O)O)c1)C(=O)N(C)[C@H](C[C@@H](OC(C)=O)c1nc(C(=O)N[C@@H](Cc2ccccc2)C[C@H](C)C(=O)O)cs1)C(C)C.CSC. The van der Waals surface area contributed by atoms with Gasteiger partial charge in [0.15, 0.2) is 18.0 Å². The Morgan fingerprint density at radius 2 is 1.17 bits per heavy atom. The van der Waals surface area contributed by atoms with Crippen molar-refractivity contribution in [3.63, 3.8) is 0 Å². The number of amides is 7. The minimum absolute atomic E-state index is 0.0244. The van der Waals surface area contributed by atoms with Gasteiger partial charge in [-0.1, -0.05) is 71.4 Å². The smallest absolute Gasteiger partial charge is 0.335 e. The van der Waals surface area contributed by atoms with E-state index in [1.54, 1.807) is 43.8 Å². The molecule has 2 aromatic carbocycles. The van der Waals surface area contributed by atoms with Crippen LogP contribution in [-0.2, 0) is 132 Å². The number of anilines is 1. The normalized spacial score (nSPS) is 18.5. The van der Waals surface area contributed by atoms with Crippen molar-refractivity contribution in [2.24, 2.45) is 29.4 Å². The van der Waals surface area contributed by atoms with Crippen molar-refractivity contribution in [2.75, 3.05) is 217 Å². The van der Waals surface area contributed by atoms with Crippen LogP contribution in [0.3, 0.4) is 0 Å². The predicted molar refractivity (Wildman–Crippen MR) is 520 cm³/mol. The van der Waals surface area contributed by atoms with E-state index in [0.717, 1.165) is 16.9 Å². The van der Waals surface area contributed by atoms with Gasteiger partial charge in [-0.15, -0.1) is 11.3 Å². The molecule has 14 N–H and O–H groups in total. The predicted octanol–water partition coefficient (Wildman–Crippen LogP) is 3.89. The summed E-state index contributed by atoms with van der Waals surface area (Å²) in [6, 6.07) is 9.31. The van der Waals surface area contributed by atoms with Gasteiger partial charge in [0.05, 0.1) is 184 Å². The molecular weight excluding hydrogens is 1890 g/mol. The molecule has 0 radical (unpaired) electrons. The van der Waals surface area contributed by atoms with Crippen molar-refractivity contribution in [3.8, 4) is 5.75 Å². The number of rotatable bonds is 77. The third kappa shape index (κ3) is 50.6. The molecule has 43 nitrogen and oxygen atoms in total. The first-order valence-corrected chi connectivity index (χ1v) is 50.8. The third-order valence-corrected chi connectivity index (χ3v) is 24.2. The Bertz CT molecular complexity index is 4110. The Morgan fingerprint density at radius 3 is 1.68 bits per heavy atom. The molecule has 3 aromatic rings. The van der Waals surface area contributed by atoms with Crippen LogP contribution in [0.2, 0.25) is 0 Å². The summed E-state index contributed by atoms with van der Waals surface area (Å²) < 4.78 is 83.0. The number of hydrogen-bond acceptors (Lipinski definition) is 34. The average molecular weight is 2040 g/mol. The highest BCUT2D eigenvalue weighted by Gasteiger charge is 2.49. The first kappa shape index (κ1) is 125. The molecule has 1 aromatic heterocycles. The number of Topliss-reactive ketones (excluding diaryl/α,β-unsaturated/α-hetero) is 1. The molecule has 5 rings (SSSR count). The fourth-order valence-electron chi connectivity index (χ4n) is 15.3. The maximum Gasteiger partial charge on any atom is 0.335 e. The minimum Gasteiger partial charge on any atom is -0.481 e. The second-order valence-corrected chi connectivity index (χ2v) is 36.6. The standard InChI is InChI=1S/C94H150N10O33S.C2H6S/c1-10-63(4)69(91(118)103(7)74(62(2)3)58-78(135-65(6)105)90-102-73(61-138-90)89(117)98-68(54-64(5)92(119)120)55-66-18-12-11-13-19-66)57-76(106)75-21-15-17-30-104(75,8)60-67-22-23-77(136-94-85(114)83(112)84(113)86(137-94)93(121)122)71(56-67)99-81(109)26-29-97-87(115)70(101-88(116)72(59-95)100-80(108)24-25-82(110)111)20-14-16-28-96-79(107)27-31-124-34-35-126-38-39-128-42-43-130-46-47-132-50-51-134-53-52-133-49-48-131-45-44-129-41-40-127-37-36-125-33-32-123-9;1-3-2/h11-13,18-19,22-23,56,61-64,68-70,72,74-75,78,83-86,94,112-114H,10,14-17,20-21,24-55,57-60,95H2,1-9H3,(H8-,96,97,98,99,100,101,107,108,109,110,111,115,116,117,119,120,121,122);1-2H3/p+1/t63-,64-,68+,69-,70-,72-,74+,75+,78+,83-,84-,85+,86-,94+,104?;/m0./s1. The van der Waals surface area contributed by atoms with Crippen LogP contribution in [0.4, 0.5) is 5.69 Å². The Kier molecular flexibility index (Phi) is 64.2. The lowest BCUT2D eigenvalue weighted by Crippen LogP contribution is -2.61. The Balaban J connectivity index is 0.0000136. The number of ketones is 1. The number of carbonyl (C=O) groups excluding carboxylic acids is 9. The lowest BCUT2D eigenvalue weighted by Gasteiger charge is -2.45. The van der Waals surface area contributed by atoms with E-state index in [-0.39, 0.29) is 129 Å². The van der Waals surface area contributed by atoms with Gasteiger partial charge in [-0.3, -0.25) is 52.7 Å². The molecule has 0 saturated carbocycles. The third-order valence-electron chi connectivity index (χ3n) is 23.2. The number of carboxylic acids is 3. The first-order valence-electron chi connectivity index (χ1n) is 48.3. The van der Waals surface area contributed by atoms with Crippen molar-refractivity contribution in [3.05, 3.63) is 75.7 Å². The summed E-state index contributed by atoms with van der Waals surface area (Å²) in [7, 11) is 5.19. The number of aliphatic hydroxyl groups excluding tert-OH is 3. The number of aliphatic hydroxyl groups is 3. The Morgan fingerprint density at radius 1 is 0.617 bits per heavy atom. The Hall–Kier alpha value is -8.66. The maximum atomic E-state index is 15.3. The number of carboxylic acid groups (broad SMARTS) is 3. The van der Waals surface area contributed by atoms with Crippen molar-refractivity contribution in [2.45, 2.75) is 211 Å². The molecule has 45 heteroatoms. The number of nitrogens with zero attached hydrogens (tertiary/aromatic N) is 3. The fourth-order valence-corrected chi connectivity index (χ4v) is 16.2. The number of thioether (sulfide) groups is 1. The number of likely N-dealkylation sites (N-methyl/N-ethyl adjacent to an activating group) is 1. The average Bonchev–Trinajstić information content (AvgIpc) is 1.03. The molecule has 1 unspecified atom stereocenters. The number of nitrogens with two attached hydrogens (primary N) is 1. The maximum absolute atomic E-state index is 15.3. The van der Waals surface area contributed by atoms with Crippen molar-refractivity contribution < 1.29 is 164 Å². The number of esters is 1. The number of unbranched alkanes of at least 4 members (excludes halogenated alkanes) is 1. The molecule has 15 atom stereocenters. The second-order valence-electron chi connectivity index (χ2n) is 34.9. The van der Waals surface area contributed by atoms with Crippen LogP contribution in [0.1, 0.15) is 164 Å². The van der Waals surface area contributed by atoms with Crippen LogP contribution in [0, 0.1) is 23.7 Å². The number of benzene rings is 2. The molecule has 2 fully saturated rings. The Labute approximate surface area is 835 Å². The number of likely N-dealkylation sites (tertiary alicyclic amines) is 1. The number of ether oxygens (including phenoxy) is 15. The van der Waals surface area contributed by atoms with Crippen LogP contribution in [0.15, 0.2) is 53.9 Å². The van der Waals surface area contributed by atoms with Crippen LogP contribution in [0.5, 0.6) is 5.75 Å². The lowest BCUT2D eigenvalue weighted by atomic mass is 9.82. The number of piperidine rings is 1. The molecule has 2 aliphatic heterocycles. The quantitative estimate of drug-likeness (QED) is 0.0216. The first-order chi connectivity index (χ1) is 67.6. The lowest BCUT2D eigenvalue weighted by molar-refractivity contribution is -0.941. The highest BCUT2D eigenvalue weighted by Crippen LogP contribution is 2.38. The molecule has 0 bridgehead atoms. The van der Waals surface area contributed by atoms with Gasteiger partial charge < -0.3 is 149 Å². The van der Waals surface area contributed by atoms with E-state index in [4.69, 9.17) is 81.9 Å². The van der Waals surface area contributed by atoms with Gasteiger partial charge in [0.2, 0.25) is 41.7 Å². The molecule has 7 amide bonds. The highest BCUT2D eigenvalue weighted by atomic mass is 32.2. The zero-order valence-electron chi connectivity index (χ0n) is 83.7. The van der Waals surface area contributed by atoms with Crippen molar-refractivity contribution >= 4 is 99.8 Å². The van der Waals surface area contributed by atoms with Gasteiger partial charge >= 0.3 is 23.9 Å². The number of methoxy groups -OCH3 is 1. The number of quaternary nitrogens is 1. The second kappa shape index (κ2) is 72.6. The zero-order valence-corrected chi connectivity index (χ0v) is 85.3. The number of hydrogen-bond donors (Lipinski definition) is 13. The summed E-state index contributed by atoms with van der Waals surface area (Å²) >= 11 is 2.84. The number of aromatic nitrogens is 1. The van der Waals surface area contributed by atoms with Crippen molar-refractivity contribution in [1.29, 1.82) is 0 Å². The number of aliphatic carboxylic acids is 3. The van der Waals surface area contributed by atoms with Gasteiger partial charge in [-0.05, 0) is 93.1 Å². The van der Waals surface area contributed by atoms with Gasteiger partial charge in [0.25, 0.3) is 5.91 Å². The minimum atomic E-state index is -2.08. The van der Waals surface area contributed by atoms with E-state index in [1.165, 1.54) is 24.4 Å². The molecule has 0 spiro atoms. The van der Waals surface area contributed by atoms with E-state index in [0.29, 0.717) is 188 Å². The summed E-state index contributed by atoms with van der Waals surface area (Å²) in [5.74, 6) is -11.5. The molecule has 141 heavy (non-hydrogen) atoms. The van der Waals surface area contributed by atoms with Gasteiger partial charge in [-0.2, -0.15) is 11.8 Å². The molecule has 0 aliphatic carbocycles. The largest absolute Gasteiger partial charge is 0.481 e. The summed E-state index contributed by atoms with van der Waals surface area (Å²) in [5.41, 5.74) is 7.24. The van der Waals surface area contributed by atoms with Gasteiger partial charge in [-0.25, -0.2) is 9.78 Å². The van der Waals surface area contributed by atoms with E-state index in [2.05, 4.69) is 36.9 Å². The molecule has 2 aliphatic rings. The van der Waals surface area contributed by atoms with Crippen LogP contribution in [-0.4, -0.2) is 389 Å². The van der Waals surface area contributed by atoms with E-state index >= 15 is 9.59 Å². The monoisotopic (exact) mass is 2040 g/mol. The molecule has 2 saturated heterocycles. The topological polar surface area (TPSA) is 579 Å². The van der Waals surface area contributed by atoms with Gasteiger partial charge in [0, 0.05) is 108 Å². The van der Waals surface area contributed by atoms with Crippen LogP contribution >= 0.6 is 23.1 Å². The summed E-state index contributed by atoms with van der Waals surface area (Å²) in [4.78, 5) is 166. The van der Waals surface area contributed by atoms with Crippen LogP contribution < -0.4 is 42.4 Å². The molecule has 3 heterocycles. The molecular formula is C96H157N10O33S2+. The summed E-state index contributed by atoms with van der Waals surface area (Å²) in [6.45, 7) is 19.7. The fraction of sp³-hybridized carbons (Fsp3) is 0.719. The van der Waals surface area contributed by atoms with E-state index in [1.807, 2.05) is 77.6 Å². The number of thiazole rings is 1. The summed E-state index contributed by atoms with van der Waals surface area (Å²) in [5, 5.41) is 79.2. The molecule has 800 valence electrons. The van der Waals surface area contributed by atoms with E-state index < -0.39 is 158 Å². The van der Waals surface area contributed by atoms with Crippen molar-refractivity contribution in [1.82, 2.24) is 36.5 Å². The highest BCUT2D eigenvalue weighted by molar-refractivity contribution is 7.97. The van der Waals surface area contributed by atoms with Crippen LogP contribution in [0.25, 0.3) is 0 Å². The van der Waals surface area contributed by atoms with E-state index in [9.17, 15) is 73.5 Å². The zero-order chi connectivity index (χ0) is 104. The number of nitrogens with one attached hydrogen (secondary N) is 6.